The molecule has 12 rings (SSSR count). The van der Waals surface area contributed by atoms with Gasteiger partial charge in [0.15, 0.2) is 22.3 Å². The lowest BCUT2D eigenvalue weighted by molar-refractivity contribution is -0.0477. The van der Waals surface area contributed by atoms with E-state index in [4.69, 9.17) is 39.9 Å². The molecule has 0 bridgehead atoms. The quantitative estimate of drug-likeness (QED) is 0.0495. The molecule has 6 N–H and O–H groups in total. The van der Waals surface area contributed by atoms with Gasteiger partial charge in [-0.3, -0.25) is 0 Å². The standard InChI is InChI=1S/2C32H33N5O4/c2*33-32-35-30-28(31(36-32)41-19-24-14-8-3-9-15-24)34-21-37(30)26-16-27(40-18-23-12-6-2-7-13-23)25(29(26)38)20-39-17-22-10-4-1-5-11-22/h2*1-15,21,25-27,29,38H,16-20H2,(H2,33,35,36)/t25-,26-,27+,29+;/m1./s1. The highest BCUT2D eigenvalue weighted by Gasteiger charge is 2.46. The Morgan fingerprint density at radius 1 is 0.402 bits per heavy atom. The molecule has 0 amide bonds. The number of rotatable bonds is 22. The summed E-state index contributed by atoms with van der Waals surface area (Å²) in [5.74, 6) is 0.268. The molecule has 4 unspecified atom stereocenters. The molecular weight excluding hydrogens is 1040 g/mol. The van der Waals surface area contributed by atoms with E-state index in [9.17, 15) is 10.2 Å². The molecule has 2 aliphatic rings. The van der Waals surface area contributed by atoms with E-state index in [0.717, 1.165) is 33.4 Å². The van der Waals surface area contributed by atoms with Crippen LogP contribution in [-0.4, -0.2) is 86.9 Å². The third kappa shape index (κ3) is 13.6. The minimum absolute atomic E-state index is 0.0782. The smallest absolute Gasteiger partial charge is 0.247 e. The number of benzene rings is 6. The normalized spacial score (nSPS) is 20.4. The van der Waals surface area contributed by atoms with Gasteiger partial charge < -0.3 is 59.2 Å². The summed E-state index contributed by atoms with van der Waals surface area (Å²) < 4.78 is 40.7. The zero-order chi connectivity index (χ0) is 56.0. The van der Waals surface area contributed by atoms with Gasteiger partial charge in [-0.05, 0) is 46.2 Å². The predicted molar refractivity (Wildman–Crippen MR) is 310 cm³/mol. The first-order chi connectivity index (χ1) is 40.3. The number of nitrogens with zero attached hydrogens (tertiary/aromatic N) is 8. The van der Waals surface area contributed by atoms with Crippen molar-refractivity contribution < 1.29 is 38.6 Å². The van der Waals surface area contributed by atoms with E-state index >= 15 is 0 Å². The molecular formula is C64H66N10O8. The highest BCUT2D eigenvalue weighted by Crippen LogP contribution is 2.42. The summed E-state index contributed by atoms with van der Waals surface area (Å²) in [5.41, 5.74) is 20.5. The lowest BCUT2D eigenvalue weighted by Crippen LogP contribution is -2.31. The van der Waals surface area contributed by atoms with Gasteiger partial charge in [-0.15, -0.1) is 0 Å². The maximum absolute atomic E-state index is 11.6. The van der Waals surface area contributed by atoms with Crippen molar-refractivity contribution in [1.29, 1.82) is 0 Å². The molecule has 10 aromatic rings. The Bertz CT molecular complexity index is 3330. The van der Waals surface area contributed by atoms with E-state index in [0.29, 0.717) is 99.8 Å². The summed E-state index contributed by atoms with van der Waals surface area (Å²) >= 11 is 0. The van der Waals surface area contributed by atoms with Crippen molar-refractivity contribution in [2.75, 3.05) is 24.7 Å². The summed E-state index contributed by atoms with van der Waals surface area (Å²) in [6, 6.07) is 59.0. The summed E-state index contributed by atoms with van der Waals surface area (Å²) in [6.45, 7) is 3.14. The number of imidazole rings is 2. The first-order valence-corrected chi connectivity index (χ1v) is 27.6. The van der Waals surface area contributed by atoms with Crippen LogP contribution in [0.5, 0.6) is 11.8 Å². The second-order valence-corrected chi connectivity index (χ2v) is 20.6. The van der Waals surface area contributed by atoms with Crippen LogP contribution in [0.25, 0.3) is 22.3 Å². The fourth-order valence-corrected chi connectivity index (χ4v) is 10.7. The average molecular weight is 1100 g/mol. The molecule has 0 radical (unpaired) electrons. The molecule has 8 atom stereocenters. The Hall–Kier alpha value is -8.62. The first kappa shape index (κ1) is 55.3. The van der Waals surface area contributed by atoms with Crippen LogP contribution in [0.4, 0.5) is 11.9 Å². The molecule has 2 fully saturated rings. The molecule has 2 aliphatic carbocycles. The second kappa shape index (κ2) is 26.8. The van der Waals surface area contributed by atoms with Crippen LogP contribution in [0, 0.1) is 11.8 Å². The van der Waals surface area contributed by atoms with Crippen LogP contribution in [0.3, 0.4) is 0 Å². The fourth-order valence-electron chi connectivity index (χ4n) is 10.7. The Labute approximate surface area is 475 Å². The van der Waals surface area contributed by atoms with E-state index in [1.54, 1.807) is 12.7 Å². The van der Waals surface area contributed by atoms with Gasteiger partial charge in [-0.2, -0.15) is 19.9 Å². The van der Waals surface area contributed by atoms with Gasteiger partial charge in [0, 0.05) is 11.8 Å². The SMILES string of the molecule is Nc1nc(OCc2ccccc2)c2ncn(C3CC(OCc4ccccc4)C(COCc4ccccc4)C3O)c2n1.Nc1nc(OCc2ccccc2)c2ncn([C@@H]3C[C@H](OCc4ccccc4)[C@@H](COCc4ccccc4)[C@@H]3O)c2n1. The molecule has 420 valence electrons. The monoisotopic (exact) mass is 1100 g/mol. The zero-order valence-electron chi connectivity index (χ0n) is 45.2. The Balaban J connectivity index is 0.000000172. The minimum atomic E-state index is -0.756. The number of hydrogen-bond donors (Lipinski definition) is 4. The van der Waals surface area contributed by atoms with Crippen LogP contribution in [0.2, 0.25) is 0 Å². The van der Waals surface area contributed by atoms with Crippen LogP contribution in [0.15, 0.2) is 195 Å². The van der Waals surface area contributed by atoms with Crippen molar-refractivity contribution in [3.05, 3.63) is 228 Å². The van der Waals surface area contributed by atoms with Gasteiger partial charge in [0.25, 0.3) is 0 Å². The molecule has 4 heterocycles. The average Bonchev–Trinajstić information content (AvgIpc) is 4.50. The summed E-state index contributed by atoms with van der Waals surface area (Å²) in [6.07, 6.45) is 2.47. The fraction of sp³-hybridized carbons (Fsp3) is 0.281. The zero-order valence-corrected chi connectivity index (χ0v) is 45.2. The molecule has 0 aliphatic heterocycles. The topological polar surface area (TPSA) is 235 Å². The number of nitrogens with two attached hydrogens (primary N) is 2. The van der Waals surface area contributed by atoms with Crippen LogP contribution < -0.4 is 20.9 Å². The molecule has 18 heteroatoms. The summed E-state index contributed by atoms with van der Waals surface area (Å²) in [7, 11) is 0. The van der Waals surface area contributed by atoms with Crippen LogP contribution in [-0.2, 0) is 58.6 Å². The minimum Gasteiger partial charge on any atom is -0.471 e. The van der Waals surface area contributed by atoms with E-state index in [1.165, 1.54) is 0 Å². The number of aliphatic hydroxyl groups is 2. The van der Waals surface area contributed by atoms with Crippen LogP contribution >= 0.6 is 0 Å². The second-order valence-electron chi connectivity index (χ2n) is 20.6. The van der Waals surface area contributed by atoms with Crippen LogP contribution in [0.1, 0.15) is 58.3 Å². The highest BCUT2D eigenvalue weighted by molar-refractivity contribution is 5.78. The lowest BCUT2D eigenvalue weighted by Gasteiger charge is -2.23. The Morgan fingerprint density at radius 3 is 1.04 bits per heavy atom. The summed E-state index contributed by atoms with van der Waals surface area (Å²) in [4.78, 5) is 26.7. The van der Waals surface area contributed by atoms with Crippen molar-refractivity contribution in [2.24, 2.45) is 11.8 Å². The third-order valence-corrected chi connectivity index (χ3v) is 15.0. The van der Waals surface area contributed by atoms with Gasteiger partial charge in [0.1, 0.15) is 13.2 Å². The number of fused-ring (bicyclic) bond motifs is 2. The van der Waals surface area contributed by atoms with Gasteiger partial charge in [-0.1, -0.05) is 182 Å². The lowest BCUT2D eigenvalue weighted by atomic mass is 10.0. The van der Waals surface area contributed by atoms with Crippen molar-refractivity contribution in [1.82, 2.24) is 39.0 Å². The molecule has 0 spiro atoms. The number of hydrogen-bond acceptors (Lipinski definition) is 16. The number of aromatic nitrogens is 8. The largest absolute Gasteiger partial charge is 0.471 e. The van der Waals surface area contributed by atoms with Gasteiger partial charge in [0.05, 0.1) is 88.8 Å². The van der Waals surface area contributed by atoms with Crippen molar-refractivity contribution in [2.45, 2.75) is 89.0 Å². The molecule has 2 saturated carbocycles. The molecule has 18 nitrogen and oxygen atoms in total. The third-order valence-electron chi connectivity index (χ3n) is 15.0. The molecule has 6 aromatic carbocycles. The Kier molecular flexibility index (Phi) is 18.0. The number of nitrogen functional groups attached to an aromatic ring is 2. The maximum atomic E-state index is 11.6. The number of ether oxygens (including phenoxy) is 6. The molecule has 4 aromatic heterocycles. The van der Waals surface area contributed by atoms with Crippen molar-refractivity contribution in [3.63, 3.8) is 0 Å². The van der Waals surface area contributed by atoms with E-state index in [-0.39, 0.29) is 48.0 Å². The van der Waals surface area contributed by atoms with Crippen molar-refractivity contribution >= 4 is 34.2 Å². The van der Waals surface area contributed by atoms with Gasteiger partial charge in [-0.25, -0.2) is 9.97 Å². The highest BCUT2D eigenvalue weighted by atomic mass is 16.5. The number of anilines is 2. The van der Waals surface area contributed by atoms with Gasteiger partial charge in [0.2, 0.25) is 23.7 Å². The molecule has 82 heavy (non-hydrogen) atoms. The van der Waals surface area contributed by atoms with Gasteiger partial charge >= 0.3 is 0 Å². The number of aliphatic hydroxyl groups excluding tert-OH is 2. The first-order valence-electron chi connectivity index (χ1n) is 27.6. The summed E-state index contributed by atoms with van der Waals surface area (Å²) in [5, 5.41) is 23.2. The maximum Gasteiger partial charge on any atom is 0.247 e. The van der Waals surface area contributed by atoms with E-state index in [1.807, 2.05) is 191 Å². The Morgan fingerprint density at radius 2 is 0.707 bits per heavy atom. The van der Waals surface area contributed by atoms with E-state index < -0.39 is 12.2 Å². The predicted octanol–water partition coefficient (Wildman–Crippen LogP) is 9.42. The molecule has 0 saturated heterocycles. The van der Waals surface area contributed by atoms with E-state index in [2.05, 4.69) is 29.9 Å². The van der Waals surface area contributed by atoms with Crippen molar-refractivity contribution in [3.8, 4) is 11.8 Å².